The number of aromatic nitrogens is 2. The van der Waals surface area contributed by atoms with Gasteiger partial charge in [0, 0.05) is 43.2 Å². The maximum Gasteiger partial charge on any atom is 0.258 e. The van der Waals surface area contributed by atoms with Crippen molar-refractivity contribution in [2.24, 2.45) is 5.41 Å². The quantitative estimate of drug-likeness (QED) is 0.261. The maximum absolute atomic E-state index is 14.4. The minimum absolute atomic E-state index is 0.0662. The zero-order valence-electron chi connectivity index (χ0n) is 28.8. The molecule has 3 aliphatic rings. The second-order valence-electron chi connectivity index (χ2n) is 14.2. The van der Waals surface area contributed by atoms with E-state index in [2.05, 4.69) is 24.5 Å². The number of hydrogen-bond donors (Lipinski definition) is 2. The Morgan fingerprint density at radius 3 is 2.47 bits per heavy atom. The molecule has 13 heteroatoms. The minimum Gasteiger partial charge on any atom is -0.451 e. The first-order chi connectivity index (χ1) is 23.4. The number of rotatable bonds is 11. The zero-order valence-corrected chi connectivity index (χ0v) is 29.6. The Hall–Kier alpha value is -3.65. The van der Waals surface area contributed by atoms with Crippen LogP contribution in [0.4, 0.5) is 10.2 Å². The van der Waals surface area contributed by atoms with Crippen molar-refractivity contribution in [2.45, 2.75) is 82.5 Å². The molecule has 0 bridgehead atoms. The highest BCUT2D eigenvalue weighted by atomic mass is 32.2. The van der Waals surface area contributed by atoms with Crippen LogP contribution in [-0.4, -0.2) is 93.4 Å². The van der Waals surface area contributed by atoms with Gasteiger partial charge in [-0.15, -0.1) is 0 Å². The summed E-state index contributed by atoms with van der Waals surface area (Å²) in [6.45, 7) is 12.7. The van der Waals surface area contributed by atoms with Crippen molar-refractivity contribution in [2.75, 3.05) is 44.2 Å². The predicted octanol–water partition coefficient (Wildman–Crippen LogP) is 5.73. The molecule has 4 heterocycles. The van der Waals surface area contributed by atoms with Crippen molar-refractivity contribution in [3.05, 3.63) is 72.4 Å². The van der Waals surface area contributed by atoms with E-state index < -0.39 is 15.7 Å². The first kappa shape index (κ1) is 35.2. The highest BCUT2D eigenvalue weighted by Crippen LogP contribution is 2.45. The van der Waals surface area contributed by atoms with Gasteiger partial charge in [0.2, 0.25) is 0 Å². The summed E-state index contributed by atoms with van der Waals surface area (Å²) in [6, 6.07) is 12.7. The molecule has 49 heavy (non-hydrogen) atoms. The lowest BCUT2D eigenvalue weighted by Crippen LogP contribution is -2.61. The fourth-order valence-corrected chi connectivity index (χ4v) is 8.72. The number of amides is 1. The van der Waals surface area contributed by atoms with Gasteiger partial charge in [-0.3, -0.25) is 4.79 Å². The van der Waals surface area contributed by atoms with Gasteiger partial charge >= 0.3 is 0 Å². The molecular weight excluding hydrogens is 646 g/mol. The van der Waals surface area contributed by atoms with Crippen LogP contribution in [0.25, 0.3) is 0 Å². The Balaban J connectivity index is 1.01. The van der Waals surface area contributed by atoms with E-state index in [9.17, 15) is 13.4 Å². The van der Waals surface area contributed by atoms with E-state index in [0.29, 0.717) is 23.1 Å². The highest BCUT2D eigenvalue weighted by molar-refractivity contribution is 7.90. The molecule has 3 saturated heterocycles. The topological polar surface area (TPSA) is 124 Å². The minimum atomic E-state index is -3.06. The number of carbonyl (C=O) groups excluding carboxylic acids is 1. The van der Waals surface area contributed by atoms with Gasteiger partial charge < -0.3 is 24.2 Å². The zero-order chi connectivity index (χ0) is 34.8. The molecule has 1 aromatic heterocycles. The second kappa shape index (κ2) is 14.7. The van der Waals surface area contributed by atoms with Crippen molar-refractivity contribution in [1.29, 1.82) is 4.78 Å². The Morgan fingerprint density at radius 1 is 1.10 bits per heavy atom. The van der Waals surface area contributed by atoms with Crippen LogP contribution in [0, 0.1) is 16.0 Å². The molecule has 3 aliphatic heterocycles. The van der Waals surface area contributed by atoms with Gasteiger partial charge in [0.15, 0.2) is 11.6 Å². The number of benzene rings is 2. The smallest absolute Gasteiger partial charge is 0.258 e. The Labute approximate surface area is 289 Å². The van der Waals surface area contributed by atoms with Gasteiger partial charge in [0.25, 0.3) is 5.91 Å². The third-order valence-electron chi connectivity index (χ3n) is 9.91. The lowest BCUT2D eigenvalue weighted by molar-refractivity contribution is -0.0298. The molecule has 0 aliphatic carbocycles. The Kier molecular flexibility index (Phi) is 10.5. The number of hydrogen-bond acceptors (Lipinski definition) is 9. The third kappa shape index (κ3) is 8.06. The summed E-state index contributed by atoms with van der Waals surface area (Å²) in [5.41, 5.74) is 0.362. The van der Waals surface area contributed by atoms with Crippen LogP contribution in [0.2, 0.25) is 0 Å². The van der Waals surface area contributed by atoms with Crippen LogP contribution in [0.15, 0.2) is 66.0 Å². The third-order valence-corrected chi connectivity index (χ3v) is 11.5. The first-order valence-electron chi connectivity index (χ1n) is 17.2. The summed E-state index contributed by atoms with van der Waals surface area (Å²) >= 11 is 0. The van der Waals surface area contributed by atoms with E-state index in [1.54, 1.807) is 35.4 Å². The number of ether oxygens (including phenoxy) is 2. The van der Waals surface area contributed by atoms with Gasteiger partial charge in [-0.05, 0) is 96.8 Å². The molecule has 1 spiro atoms. The fourth-order valence-electron chi connectivity index (χ4n) is 7.39. The lowest BCUT2D eigenvalue weighted by Gasteiger charge is -2.54. The standard InChI is InChI=1S/C36H48FN7O4S/c1-25(2)44(26(3)4)35(45)31-18-27(37)10-13-32(31)48-33-19-39-24-40-34(33)43-22-36(23-43)14-16-42(17-15-36)20-29-12-11-28(21-47-29)41-49(38,46)30-8-6-5-7-9-30/h5-10,13,18-19,24-26,28-29H,11-12,14-17,20-23H2,1-4H3,(H2,38,41,46)/t28-,29+,49+/m1/s1. The maximum atomic E-state index is 14.4. The van der Waals surface area contributed by atoms with Crippen LogP contribution < -0.4 is 14.4 Å². The molecule has 3 aromatic rings. The molecule has 0 radical (unpaired) electrons. The van der Waals surface area contributed by atoms with E-state index in [-0.39, 0.29) is 46.9 Å². The van der Waals surface area contributed by atoms with E-state index in [1.165, 1.54) is 24.5 Å². The molecular formula is C36H48FN7O4S. The highest BCUT2D eigenvalue weighted by Gasteiger charge is 2.46. The number of anilines is 1. The predicted molar refractivity (Wildman–Crippen MR) is 187 cm³/mol. The molecule has 2 aromatic carbocycles. The first-order valence-corrected chi connectivity index (χ1v) is 18.8. The molecule has 3 atom stereocenters. The fraction of sp³-hybridized carbons (Fsp3) is 0.528. The van der Waals surface area contributed by atoms with Crippen molar-refractivity contribution in [3.8, 4) is 11.5 Å². The van der Waals surface area contributed by atoms with E-state index in [0.717, 1.165) is 58.4 Å². The van der Waals surface area contributed by atoms with Gasteiger partial charge in [0.1, 0.15) is 27.8 Å². The number of likely N-dealkylation sites (tertiary alicyclic amines) is 1. The molecule has 1 amide bonds. The molecule has 0 unspecified atom stereocenters. The number of piperidine rings is 1. The van der Waals surface area contributed by atoms with Crippen LogP contribution in [0.5, 0.6) is 11.5 Å². The van der Waals surface area contributed by atoms with E-state index in [4.69, 9.17) is 14.3 Å². The van der Waals surface area contributed by atoms with E-state index in [1.807, 2.05) is 33.8 Å². The Bertz CT molecular complexity index is 1690. The summed E-state index contributed by atoms with van der Waals surface area (Å²) in [5.74, 6) is 0.582. The lowest BCUT2D eigenvalue weighted by atomic mass is 9.72. The summed E-state index contributed by atoms with van der Waals surface area (Å²) in [5, 5.41) is 0. The van der Waals surface area contributed by atoms with Crippen molar-refractivity contribution in [1.82, 2.24) is 24.5 Å². The number of halogens is 1. The molecule has 264 valence electrons. The van der Waals surface area contributed by atoms with Crippen LogP contribution in [-0.2, 0) is 14.7 Å². The van der Waals surface area contributed by atoms with Gasteiger partial charge in [-0.2, -0.15) is 0 Å². The van der Waals surface area contributed by atoms with Crippen LogP contribution in [0.3, 0.4) is 0 Å². The summed E-state index contributed by atoms with van der Waals surface area (Å²) < 4.78 is 51.1. The molecule has 6 rings (SSSR count). The number of nitrogens with zero attached hydrogens (tertiary/aromatic N) is 5. The average Bonchev–Trinajstić information content (AvgIpc) is 3.06. The molecule has 11 nitrogen and oxygen atoms in total. The number of nitrogens with one attached hydrogen (secondary N) is 2. The van der Waals surface area contributed by atoms with Crippen molar-refractivity contribution >= 4 is 21.6 Å². The summed E-state index contributed by atoms with van der Waals surface area (Å²) in [4.78, 5) is 29.2. The number of carbonyl (C=O) groups is 1. The summed E-state index contributed by atoms with van der Waals surface area (Å²) in [7, 11) is -3.06. The second-order valence-corrected chi connectivity index (χ2v) is 16.0. The van der Waals surface area contributed by atoms with Gasteiger partial charge in [-0.25, -0.2) is 28.1 Å². The van der Waals surface area contributed by atoms with Gasteiger partial charge in [-0.1, -0.05) is 18.2 Å². The van der Waals surface area contributed by atoms with Crippen molar-refractivity contribution < 1.29 is 22.9 Å². The SMILES string of the molecule is CC(C)N(C(=O)c1cc(F)ccc1Oc1cncnc1N1CC2(CCN(C[C@@H]3CC[C@@H](N[S@](=N)(=O)c4ccccc4)CO3)CC2)C1)C(C)C. The van der Waals surface area contributed by atoms with Gasteiger partial charge in [0.05, 0.1) is 29.4 Å². The normalized spacial score (nSPS) is 22.1. The monoisotopic (exact) mass is 693 g/mol. The van der Waals surface area contributed by atoms with Crippen molar-refractivity contribution in [3.63, 3.8) is 0 Å². The molecule has 0 saturated carbocycles. The Morgan fingerprint density at radius 2 is 1.82 bits per heavy atom. The van der Waals surface area contributed by atoms with E-state index >= 15 is 0 Å². The summed E-state index contributed by atoms with van der Waals surface area (Å²) in [6.07, 6.45) is 7.05. The molecule has 3 fully saturated rings. The van der Waals surface area contributed by atoms with Crippen LogP contribution in [0.1, 0.15) is 63.7 Å². The largest absolute Gasteiger partial charge is 0.451 e. The average molecular weight is 694 g/mol. The molecule has 2 N–H and O–H groups in total. The van der Waals surface area contributed by atoms with Crippen LogP contribution >= 0.6 is 0 Å².